The van der Waals surface area contributed by atoms with Crippen molar-refractivity contribution in [3.05, 3.63) is 71.3 Å². The molecule has 1 unspecified atom stereocenters. The normalized spacial score (nSPS) is 17.9. The Kier molecular flexibility index (Phi) is 5.87. The molecule has 0 spiro atoms. The van der Waals surface area contributed by atoms with Crippen molar-refractivity contribution < 1.29 is 0 Å². The molecule has 1 aliphatic heterocycles. The zero-order valence-corrected chi connectivity index (χ0v) is 14.4. The summed E-state index contributed by atoms with van der Waals surface area (Å²) >= 11 is 0. The molecule has 0 aliphatic carbocycles. The topological polar surface area (TPSA) is 3.24 Å². The number of hydrogen-bond acceptors (Lipinski definition) is 1. The van der Waals surface area contributed by atoms with Crippen molar-refractivity contribution >= 4 is 0 Å². The maximum Gasteiger partial charge on any atom is 0.0239 e. The van der Waals surface area contributed by atoms with Crippen LogP contribution in [0.3, 0.4) is 0 Å². The van der Waals surface area contributed by atoms with E-state index in [2.05, 4.69) is 66.4 Å². The third kappa shape index (κ3) is 4.45. The number of fused-ring (bicyclic) bond motifs is 1. The predicted molar refractivity (Wildman–Crippen MR) is 98.6 cm³/mol. The van der Waals surface area contributed by atoms with Crippen LogP contribution in [0.15, 0.2) is 54.6 Å². The van der Waals surface area contributed by atoms with Crippen molar-refractivity contribution in [1.82, 2.24) is 4.90 Å². The monoisotopic (exact) mass is 307 g/mol. The van der Waals surface area contributed by atoms with E-state index >= 15 is 0 Å². The van der Waals surface area contributed by atoms with E-state index < -0.39 is 0 Å². The van der Waals surface area contributed by atoms with Gasteiger partial charge in [-0.3, -0.25) is 4.90 Å². The van der Waals surface area contributed by atoms with Gasteiger partial charge in [0.25, 0.3) is 0 Å². The summed E-state index contributed by atoms with van der Waals surface area (Å²) in [6, 6.07) is 20.6. The van der Waals surface area contributed by atoms with E-state index in [4.69, 9.17) is 0 Å². The van der Waals surface area contributed by atoms with Gasteiger partial charge in [-0.05, 0) is 42.5 Å². The lowest BCUT2D eigenvalue weighted by Crippen LogP contribution is -2.42. The Hall–Kier alpha value is -1.60. The Balaban J connectivity index is 1.70. The van der Waals surface area contributed by atoms with Crippen LogP contribution in [0.4, 0.5) is 0 Å². The smallest absolute Gasteiger partial charge is 0.0239 e. The largest absolute Gasteiger partial charge is 0.295 e. The molecule has 0 saturated heterocycles. The van der Waals surface area contributed by atoms with E-state index in [9.17, 15) is 0 Å². The zero-order valence-electron chi connectivity index (χ0n) is 14.4. The second-order valence-electron chi connectivity index (χ2n) is 6.85. The summed E-state index contributed by atoms with van der Waals surface area (Å²) < 4.78 is 0. The van der Waals surface area contributed by atoms with Crippen LogP contribution in [-0.4, -0.2) is 17.5 Å². The summed E-state index contributed by atoms with van der Waals surface area (Å²) in [7, 11) is 0. The van der Waals surface area contributed by atoms with Gasteiger partial charge >= 0.3 is 0 Å². The molecule has 1 aliphatic rings. The summed E-state index contributed by atoms with van der Waals surface area (Å²) in [6.45, 7) is 4.65. The van der Waals surface area contributed by atoms with Gasteiger partial charge < -0.3 is 0 Å². The first-order valence-corrected chi connectivity index (χ1v) is 9.21. The molecule has 0 N–H and O–H groups in total. The van der Waals surface area contributed by atoms with Crippen LogP contribution in [0.1, 0.15) is 49.3 Å². The third-order valence-corrected chi connectivity index (χ3v) is 5.08. The number of hydrogen-bond donors (Lipinski definition) is 0. The molecule has 0 fully saturated rings. The lowest BCUT2D eigenvalue weighted by molar-refractivity contribution is 0.166. The molecule has 0 radical (unpaired) electrons. The Morgan fingerprint density at radius 1 is 0.870 bits per heavy atom. The highest BCUT2D eigenvalue weighted by molar-refractivity contribution is 5.31. The molecule has 0 bridgehead atoms. The maximum atomic E-state index is 2.73. The van der Waals surface area contributed by atoms with Gasteiger partial charge in [0.15, 0.2) is 0 Å². The van der Waals surface area contributed by atoms with Crippen molar-refractivity contribution in [2.75, 3.05) is 6.54 Å². The molecule has 0 amide bonds. The van der Waals surface area contributed by atoms with Gasteiger partial charge in [-0.25, -0.2) is 0 Å². The maximum absolute atomic E-state index is 2.73. The standard InChI is InChI=1S/C22H29N/c1-2-3-4-10-15-23-18-21-14-9-8-13-20(21)17-22(23)16-19-11-6-5-7-12-19/h5-9,11-14,22H,2-4,10,15-18H2,1H3. The fourth-order valence-electron chi connectivity index (χ4n) is 3.73. The van der Waals surface area contributed by atoms with Crippen molar-refractivity contribution in [2.24, 2.45) is 0 Å². The quantitative estimate of drug-likeness (QED) is 0.633. The summed E-state index contributed by atoms with van der Waals surface area (Å²) in [5.74, 6) is 0. The zero-order chi connectivity index (χ0) is 15.9. The van der Waals surface area contributed by atoms with E-state index in [0.29, 0.717) is 6.04 Å². The summed E-state index contributed by atoms with van der Waals surface area (Å²) in [5.41, 5.74) is 4.56. The summed E-state index contributed by atoms with van der Waals surface area (Å²) in [4.78, 5) is 2.73. The second-order valence-corrected chi connectivity index (χ2v) is 6.85. The molecular formula is C22H29N. The fraction of sp³-hybridized carbons (Fsp3) is 0.455. The SMILES string of the molecule is CCCCCCN1Cc2ccccc2CC1Cc1ccccc1. The lowest BCUT2D eigenvalue weighted by atomic mass is 9.90. The number of unbranched alkanes of at least 4 members (excludes halogenated alkanes) is 3. The van der Waals surface area contributed by atoms with E-state index in [1.807, 2.05) is 0 Å². The van der Waals surface area contributed by atoms with Crippen LogP contribution in [0.25, 0.3) is 0 Å². The van der Waals surface area contributed by atoms with Crippen LogP contribution in [0.2, 0.25) is 0 Å². The molecule has 0 saturated carbocycles. The molecule has 2 aromatic carbocycles. The van der Waals surface area contributed by atoms with E-state index in [-0.39, 0.29) is 0 Å². The van der Waals surface area contributed by atoms with Crippen LogP contribution in [-0.2, 0) is 19.4 Å². The van der Waals surface area contributed by atoms with Crippen LogP contribution >= 0.6 is 0 Å². The van der Waals surface area contributed by atoms with Crippen LogP contribution in [0, 0.1) is 0 Å². The first-order chi connectivity index (χ1) is 11.4. The van der Waals surface area contributed by atoms with Gasteiger partial charge in [-0.1, -0.05) is 80.8 Å². The van der Waals surface area contributed by atoms with Gasteiger partial charge in [0, 0.05) is 12.6 Å². The molecule has 1 heterocycles. The molecule has 0 aromatic heterocycles. The minimum atomic E-state index is 0.647. The first-order valence-electron chi connectivity index (χ1n) is 9.21. The molecule has 122 valence electrons. The first kappa shape index (κ1) is 16.3. The van der Waals surface area contributed by atoms with Crippen LogP contribution < -0.4 is 0 Å². The van der Waals surface area contributed by atoms with E-state index in [1.165, 1.54) is 56.2 Å². The highest BCUT2D eigenvalue weighted by atomic mass is 15.2. The number of rotatable bonds is 7. The molecule has 1 heteroatoms. The van der Waals surface area contributed by atoms with Crippen molar-refractivity contribution in [2.45, 2.75) is 58.0 Å². The van der Waals surface area contributed by atoms with Gasteiger partial charge in [0.2, 0.25) is 0 Å². The number of benzene rings is 2. The molecule has 2 aromatic rings. The van der Waals surface area contributed by atoms with Gasteiger partial charge in [-0.15, -0.1) is 0 Å². The summed E-state index contributed by atoms with van der Waals surface area (Å²) in [6.07, 6.45) is 7.75. The highest BCUT2D eigenvalue weighted by Gasteiger charge is 2.25. The summed E-state index contributed by atoms with van der Waals surface area (Å²) in [5, 5.41) is 0. The minimum Gasteiger partial charge on any atom is -0.295 e. The average Bonchev–Trinajstić information content (AvgIpc) is 2.60. The number of nitrogens with zero attached hydrogens (tertiary/aromatic N) is 1. The van der Waals surface area contributed by atoms with Gasteiger partial charge in [0.05, 0.1) is 0 Å². The lowest BCUT2D eigenvalue weighted by Gasteiger charge is -2.37. The molecule has 1 nitrogen and oxygen atoms in total. The molecule has 3 rings (SSSR count). The Bertz CT molecular complexity index is 590. The van der Waals surface area contributed by atoms with E-state index in [0.717, 1.165) is 6.54 Å². The van der Waals surface area contributed by atoms with Crippen molar-refractivity contribution in [3.8, 4) is 0 Å². The molecular weight excluding hydrogens is 278 g/mol. The average molecular weight is 307 g/mol. The predicted octanol–water partition coefficient (Wildman–Crippen LogP) is 5.24. The Labute approximate surface area is 141 Å². The fourth-order valence-corrected chi connectivity index (χ4v) is 3.73. The second kappa shape index (κ2) is 8.31. The Morgan fingerprint density at radius 2 is 1.61 bits per heavy atom. The van der Waals surface area contributed by atoms with Crippen molar-refractivity contribution in [3.63, 3.8) is 0 Å². The van der Waals surface area contributed by atoms with E-state index in [1.54, 1.807) is 5.56 Å². The minimum absolute atomic E-state index is 0.647. The van der Waals surface area contributed by atoms with Crippen LogP contribution in [0.5, 0.6) is 0 Å². The van der Waals surface area contributed by atoms with Crippen molar-refractivity contribution in [1.29, 1.82) is 0 Å². The van der Waals surface area contributed by atoms with Gasteiger partial charge in [0.1, 0.15) is 0 Å². The van der Waals surface area contributed by atoms with Gasteiger partial charge in [-0.2, -0.15) is 0 Å². The Morgan fingerprint density at radius 3 is 2.39 bits per heavy atom. The molecule has 23 heavy (non-hydrogen) atoms. The highest BCUT2D eigenvalue weighted by Crippen LogP contribution is 2.26. The molecule has 1 atom stereocenters. The third-order valence-electron chi connectivity index (χ3n) is 5.08.